The molecule has 0 radical (unpaired) electrons. The van der Waals surface area contributed by atoms with Crippen LogP contribution in [0.5, 0.6) is 0 Å². The first-order valence-corrected chi connectivity index (χ1v) is 13.5. The summed E-state index contributed by atoms with van der Waals surface area (Å²) in [5.41, 5.74) is 3.19. The number of rotatable bonds is 6. The molecule has 3 aromatic rings. The van der Waals surface area contributed by atoms with Crippen LogP contribution in [-0.4, -0.2) is 51.5 Å². The molecule has 3 amide bonds. The first-order chi connectivity index (χ1) is 17.5. The Morgan fingerprint density at radius 2 is 1.62 bits per heavy atom. The van der Waals surface area contributed by atoms with Crippen molar-refractivity contribution in [3.8, 4) is 0 Å². The second kappa shape index (κ2) is 10.4. The van der Waals surface area contributed by atoms with E-state index in [1.54, 1.807) is 67.6 Å². The molecule has 0 aromatic heterocycles. The third-order valence-electron chi connectivity index (χ3n) is 6.08. The van der Waals surface area contributed by atoms with E-state index in [9.17, 15) is 22.8 Å². The second-order valence-electron chi connectivity index (χ2n) is 8.97. The highest BCUT2D eigenvalue weighted by molar-refractivity contribution is 7.92. The Morgan fingerprint density at radius 1 is 0.946 bits per heavy atom. The fraction of sp³-hybridized carbons (Fsp3) is 0.222. The molecule has 192 valence electrons. The summed E-state index contributed by atoms with van der Waals surface area (Å²) < 4.78 is 26.6. The van der Waals surface area contributed by atoms with Gasteiger partial charge in [0.05, 0.1) is 30.7 Å². The molecule has 1 aliphatic rings. The van der Waals surface area contributed by atoms with Crippen LogP contribution in [0.1, 0.15) is 21.5 Å². The van der Waals surface area contributed by atoms with Crippen LogP contribution in [0.3, 0.4) is 0 Å². The molecule has 1 atom stereocenters. The Morgan fingerprint density at radius 3 is 2.30 bits per heavy atom. The van der Waals surface area contributed by atoms with Crippen molar-refractivity contribution in [2.24, 2.45) is 0 Å². The van der Waals surface area contributed by atoms with Gasteiger partial charge in [-0.2, -0.15) is 0 Å². The van der Waals surface area contributed by atoms with Crippen molar-refractivity contribution in [1.82, 2.24) is 5.32 Å². The molecule has 0 aliphatic carbocycles. The minimum absolute atomic E-state index is 0.249. The number of Topliss-reactive ketones (excluding diaryl/α,β-unsaturated/α-hetero) is 1. The molecule has 9 nitrogen and oxygen atoms in total. The van der Waals surface area contributed by atoms with E-state index in [1.807, 2.05) is 19.1 Å². The van der Waals surface area contributed by atoms with Crippen LogP contribution >= 0.6 is 0 Å². The maximum atomic E-state index is 13.8. The third-order valence-corrected chi connectivity index (χ3v) is 7.23. The smallest absolute Gasteiger partial charge is 0.319 e. The molecule has 1 unspecified atom stereocenters. The highest BCUT2D eigenvalue weighted by Gasteiger charge is 2.38. The molecule has 0 fully saturated rings. The highest BCUT2D eigenvalue weighted by Crippen LogP contribution is 2.34. The van der Waals surface area contributed by atoms with Crippen molar-refractivity contribution in [3.63, 3.8) is 0 Å². The highest BCUT2D eigenvalue weighted by atomic mass is 32.2. The molecule has 1 heterocycles. The molecular weight excluding hydrogens is 492 g/mol. The molecule has 2 N–H and O–H groups in total. The largest absolute Gasteiger partial charge is 0.324 e. The zero-order valence-electron chi connectivity index (χ0n) is 20.8. The number of fused-ring (bicyclic) bond motifs is 1. The maximum Gasteiger partial charge on any atom is 0.319 e. The number of hydrogen-bond acceptors (Lipinski definition) is 5. The lowest BCUT2D eigenvalue weighted by atomic mass is 10.0. The zero-order chi connectivity index (χ0) is 26.7. The summed E-state index contributed by atoms with van der Waals surface area (Å²) in [6.07, 6.45) is 1.03. The van der Waals surface area contributed by atoms with Crippen molar-refractivity contribution in [2.45, 2.75) is 19.9 Å². The number of anilines is 3. The van der Waals surface area contributed by atoms with Gasteiger partial charge in [0.2, 0.25) is 10.0 Å². The van der Waals surface area contributed by atoms with Crippen molar-refractivity contribution in [3.05, 3.63) is 89.5 Å². The maximum absolute atomic E-state index is 13.8. The molecule has 0 spiro atoms. The van der Waals surface area contributed by atoms with E-state index in [4.69, 9.17) is 0 Å². The van der Waals surface area contributed by atoms with E-state index in [0.29, 0.717) is 11.3 Å². The Labute approximate surface area is 216 Å². The second-order valence-corrected chi connectivity index (χ2v) is 10.9. The van der Waals surface area contributed by atoms with E-state index in [2.05, 4.69) is 10.6 Å². The number of nitrogens with zero attached hydrogens (tertiary/aromatic N) is 2. The summed E-state index contributed by atoms with van der Waals surface area (Å²) in [7, 11) is -3.83. The van der Waals surface area contributed by atoms with Crippen LogP contribution in [0, 0.1) is 13.8 Å². The number of aryl methyl sites for hydroxylation is 2. The molecule has 1 aliphatic heterocycles. The number of carbonyl (C=O) groups is 3. The summed E-state index contributed by atoms with van der Waals surface area (Å²) in [5, 5.41) is 5.29. The molecule has 37 heavy (non-hydrogen) atoms. The first kappa shape index (κ1) is 25.9. The normalized spacial score (nSPS) is 15.5. The molecular formula is C27H28N4O5S. The van der Waals surface area contributed by atoms with Gasteiger partial charge in [-0.1, -0.05) is 48.5 Å². The van der Waals surface area contributed by atoms with Crippen molar-refractivity contribution in [1.29, 1.82) is 0 Å². The number of hydrogen-bond donors (Lipinski definition) is 2. The minimum atomic E-state index is -3.83. The lowest BCUT2D eigenvalue weighted by Crippen LogP contribution is -2.54. The monoisotopic (exact) mass is 520 g/mol. The van der Waals surface area contributed by atoms with Crippen molar-refractivity contribution >= 4 is 44.8 Å². The number of sulfonamides is 1. The number of para-hydroxylation sites is 2. The number of ketones is 1. The van der Waals surface area contributed by atoms with Gasteiger partial charge in [0.25, 0.3) is 5.91 Å². The van der Waals surface area contributed by atoms with Gasteiger partial charge >= 0.3 is 6.03 Å². The van der Waals surface area contributed by atoms with Gasteiger partial charge in [0.1, 0.15) is 6.04 Å². The standard InChI is InChI=1S/C27H28N4O5S/c1-18-9-8-11-20(15-18)28-27(34)29-22-16-31(37(3,35)36)24-14-7-6-13-23(24)30(26(22)33)17-25(32)21-12-5-4-10-19(21)2/h4-15,22H,16-17H2,1-3H3,(H2,28,29,34). The molecule has 0 bridgehead atoms. The third kappa shape index (κ3) is 5.80. The predicted octanol–water partition coefficient (Wildman–Crippen LogP) is 3.49. The number of benzene rings is 3. The molecule has 0 saturated heterocycles. The predicted molar refractivity (Wildman–Crippen MR) is 144 cm³/mol. The van der Waals surface area contributed by atoms with Crippen LogP contribution in [0.15, 0.2) is 72.8 Å². The summed E-state index contributed by atoms with van der Waals surface area (Å²) in [6.45, 7) is 3.03. The van der Waals surface area contributed by atoms with Gasteiger partial charge in [0.15, 0.2) is 5.78 Å². The van der Waals surface area contributed by atoms with Gasteiger partial charge in [-0.15, -0.1) is 0 Å². The van der Waals surface area contributed by atoms with Gasteiger partial charge in [-0.25, -0.2) is 13.2 Å². The lowest BCUT2D eigenvalue weighted by Gasteiger charge is -2.25. The van der Waals surface area contributed by atoms with E-state index < -0.39 is 28.0 Å². The average Bonchev–Trinajstić information content (AvgIpc) is 2.95. The summed E-state index contributed by atoms with van der Waals surface area (Å²) in [5.74, 6) is -0.906. The fourth-order valence-electron chi connectivity index (χ4n) is 4.30. The molecule has 0 saturated carbocycles. The number of nitrogens with one attached hydrogen (secondary N) is 2. The molecule has 10 heteroatoms. The average molecular weight is 521 g/mol. The number of amides is 3. The SMILES string of the molecule is Cc1cccc(NC(=O)NC2CN(S(C)(=O)=O)c3ccccc3N(CC(=O)c3ccccc3C)C2=O)c1. The van der Waals surface area contributed by atoms with Crippen molar-refractivity contribution in [2.75, 3.05) is 33.9 Å². The van der Waals surface area contributed by atoms with Crippen LogP contribution in [-0.2, 0) is 14.8 Å². The van der Waals surface area contributed by atoms with E-state index in [0.717, 1.165) is 21.7 Å². The van der Waals surface area contributed by atoms with E-state index >= 15 is 0 Å². The van der Waals surface area contributed by atoms with Gasteiger partial charge in [-0.3, -0.25) is 13.9 Å². The Balaban J connectivity index is 1.70. The quantitative estimate of drug-likeness (QED) is 0.483. The zero-order valence-corrected chi connectivity index (χ0v) is 21.6. The molecule has 3 aromatic carbocycles. The first-order valence-electron chi connectivity index (χ1n) is 11.7. The molecule has 4 rings (SSSR count). The fourth-order valence-corrected chi connectivity index (χ4v) is 5.23. The van der Waals surface area contributed by atoms with Crippen LogP contribution in [0.25, 0.3) is 0 Å². The van der Waals surface area contributed by atoms with Crippen LogP contribution < -0.4 is 19.8 Å². The summed E-state index contributed by atoms with van der Waals surface area (Å²) >= 11 is 0. The van der Waals surface area contributed by atoms with Gasteiger partial charge < -0.3 is 15.5 Å². The number of carbonyl (C=O) groups excluding carboxylic acids is 3. The topological polar surface area (TPSA) is 116 Å². The van der Waals surface area contributed by atoms with E-state index in [1.165, 1.54) is 4.90 Å². The van der Waals surface area contributed by atoms with Crippen LogP contribution in [0.4, 0.5) is 21.9 Å². The summed E-state index contributed by atoms with van der Waals surface area (Å²) in [6, 6.07) is 18.7. The lowest BCUT2D eigenvalue weighted by molar-refractivity contribution is -0.119. The summed E-state index contributed by atoms with van der Waals surface area (Å²) in [4.78, 5) is 41.1. The Kier molecular flexibility index (Phi) is 7.30. The number of urea groups is 1. The Hall–Kier alpha value is -4.18. The van der Waals surface area contributed by atoms with Gasteiger partial charge in [-0.05, 0) is 49.2 Å². The minimum Gasteiger partial charge on any atom is -0.324 e. The van der Waals surface area contributed by atoms with E-state index in [-0.39, 0.29) is 30.2 Å². The van der Waals surface area contributed by atoms with Crippen LogP contribution in [0.2, 0.25) is 0 Å². The Bertz CT molecular complexity index is 1470. The van der Waals surface area contributed by atoms with Gasteiger partial charge in [0, 0.05) is 11.3 Å². The van der Waals surface area contributed by atoms with Crippen molar-refractivity contribution < 1.29 is 22.8 Å².